The lowest BCUT2D eigenvalue weighted by atomic mass is 9.76. The zero-order valence-corrected chi connectivity index (χ0v) is 18.9. The van der Waals surface area contributed by atoms with Crippen LogP contribution < -0.4 is 14.4 Å². The van der Waals surface area contributed by atoms with Gasteiger partial charge in [0.15, 0.2) is 28.2 Å². The van der Waals surface area contributed by atoms with E-state index in [1.807, 2.05) is 6.07 Å². The SMILES string of the molecule is COc1ccc(C2C3=C(OC4CC(OC)CCC4C3=O)C(=O)N2c2nccs2)cc1OC. The average Bonchev–Trinajstić information content (AvgIpc) is 3.45. The van der Waals surface area contributed by atoms with Crippen LogP contribution in [0.15, 0.2) is 41.1 Å². The molecule has 0 spiro atoms. The first-order valence-electron chi connectivity index (χ1n) is 10.5. The number of anilines is 1. The highest BCUT2D eigenvalue weighted by Gasteiger charge is 2.53. The molecule has 8 nitrogen and oxygen atoms in total. The molecule has 0 radical (unpaired) electrons. The minimum atomic E-state index is -0.642. The monoisotopic (exact) mass is 456 g/mol. The molecule has 1 aromatic heterocycles. The molecule has 1 amide bonds. The van der Waals surface area contributed by atoms with Gasteiger partial charge < -0.3 is 18.9 Å². The number of amides is 1. The second kappa shape index (κ2) is 8.22. The Morgan fingerprint density at radius 1 is 1.12 bits per heavy atom. The van der Waals surface area contributed by atoms with Crippen molar-refractivity contribution in [1.29, 1.82) is 0 Å². The molecule has 9 heteroatoms. The van der Waals surface area contributed by atoms with Gasteiger partial charge in [-0.25, -0.2) is 4.98 Å². The number of aromatic nitrogens is 1. The van der Waals surface area contributed by atoms with Crippen molar-refractivity contribution in [2.24, 2.45) is 5.92 Å². The number of fused-ring (bicyclic) bond motifs is 1. The fourth-order valence-electron chi connectivity index (χ4n) is 4.91. The number of ketones is 1. The molecular formula is C23H24N2O6S. The van der Waals surface area contributed by atoms with Crippen molar-refractivity contribution < 1.29 is 28.5 Å². The van der Waals surface area contributed by atoms with Crippen LogP contribution in [0, 0.1) is 5.92 Å². The van der Waals surface area contributed by atoms with Crippen LogP contribution in [0.5, 0.6) is 11.5 Å². The molecule has 5 rings (SSSR count). The highest BCUT2D eigenvalue weighted by molar-refractivity contribution is 7.13. The van der Waals surface area contributed by atoms with Crippen molar-refractivity contribution >= 4 is 28.2 Å². The van der Waals surface area contributed by atoms with Crippen molar-refractivity contribution in [3.05, 3.63) is 46.7 Å². The van der Waals surface area contributed by atoms with E-state index in [1.165, 1.54) is 11.3 Å². The summed E-state index contributed by atoms with van der Waals surface area (Å²) in [5.74, 6) is 0.557. The summed E-state index contributed by atoms with van der Waals surface area (Å²) in [5.41, 5.74) is 1.13. The lowest BCUT2D eigenvalue weighted by Crippen LogP contribution is -2.43. The summed E-state index contributed by atoms with van der Waals surface area (Å²) in [6, 6.07) is 4.78. The molecule has 0 bridgehead atoms. The Balaban J connectivity index is 1.62. The van der Waals surface area contributed by atoms with Crippen molar-refractivity contribution in [3.8, 4) is 11.5 Å². The first-order valence-corrected chi connectivity index (χ1v) is 11.4. The Morgan fingerprint density at radius 3 is 2.62 bits per heavy atom. The van der Waals surface area contributed by atoms with E-state index in [1.54, 1.807) is 49.9 Å². The predicted molar refractivity (Wildman–Crippen MR) is 117 cm³/mol. The molecule has 168 valence electrons. The molecule has 1 saturated carbocycles. The second-order valence-corrected chi connectivity index (χ2v) is 8.92. The predicted octanol–water partition coefficient (Wildman–Crippen LogP) is 3.29. The zero-order valence-electron chi connectivity index (χ0n) is 18.1. The van der Waals surface area contributed by atoms with Crippen LogP contribution in [0.25, 0.3) is 0 Å². The smallest absolute Gasteiger partial charge is 0.296 e. The van der Waals surface area contributed by atoms with Gasteiger partial charge in [0.2, 0.25) is 0 Å². The van der Waals surface area contributed by atoms with Crippen LogP contribution in [0.1, 0.15) is 30.9 Å². The summed E-state index contributed by atoms with van der Waals surface area (Å²) >= 11 is 1.34. The first-order chi connectivity index (χ1) is 15.6. The third kappa shape index (κ3) is 3.18. The molecular weight excluding hydrogens is 432 g/mol. The number of rotatable bonds is 5. The van der Waals surface area contributed by atoms with Crippen LogP contribution in [-0.4, -0.2) is 50.2 Å². The Hall–Kier alpha value is -2.91. The molecule has 4 atom stereocenters. The Bertz CT molecular complexity index is 1080. The van der Waals surface area contributed by atoms with Crippen molar-refractivity contribution in [2.45, 2.75) is 37.5 Å². The summed E-state index contributed by atoms with van der Waals surface area (Å²) < 4.78 is 22.6. The van der Waals surface area contributed by atoms with E-state index < -0.39 is 6.04 Å². The summed E-state index contributed by atoms with van der Waals surface area (Å²) in [4.78, 5) is 33.2. The summed E-state index contributed by atoms with van der Waals surface area (Å²) in [5, 5.41) is 2.32. The van der Waals surface area contributed by atoms with Crippen LogP contribution in [0.4, 0.5) is 5.13 Å². The number of hydrogen-bond donors (Lipinski definition) is 0. The second-order valence-electron chi connectivity index (χ2n) is 8.05. The molecule has 3 heterocycles. The van der Waals surface area contributed by atoms with Gasteiger partial charge in [0, 0.05) is 25.1 Å². The van der Waals surface area contributed by atoms with E-state index in [4.69, 9.17) is 18.9 Å². The molecule has 2 aromatic rings. The van der Waals surface area contributed by atoms with Gasteiger partial charge >= 0.3 is 0 Å². The van der Waals surface area contributed by atoms with E-state index in [0.717, 1.165) is 12.0 Å². The van der Waals surface area contributed by atoms with Gasteiger partial charge in [0.1, 0.15) is 6.10 Å². The van der Waals surface area contributed by atoms with Crippen molar-refractivity contribution in [2.75, 3.05) is 26.2 Å². The van der Waals surface area contributed by atoms with Gasteiger partial charge in [0.05, 0.1) is 37.9 Å². The molecule has 3 aliphatic rings. The van der Waals surface area contributed by atoms with Crippen LogP contribution in [0.3, 0.4) is 0 Å². The maximum atomic E-state index is 13.7. The van der Waals surface area contributed by atoms with Gasteiger partial charge in [-0.15, -0.1) is 11.3 Å². The Kier molecular flexibility index (Phi) is 5.38. The van der Waals surface area contributed by atoms with Gasteiger partial charge in [-0.05, 0) is 30.5 Å². The standard InChI is InChI=1S/C23H24N2O6S/c1-28-13-5-6-14-16(11-13)31-21-18(20(14)26)19(25(22(21)27)23-24-8-9-32-23)12-4-7-15(29-2)17(10-12)30-3/h4,7-10,13-14,16,19H,5-6,11H2,1-3H3. The molecule has 32 heavy (non-hydrogen) atoms. The molecule has 0 saturated heterocycles. The summed E-state index contributed by atoms with van der Waals surface area (Å²) in [6.45, 7) is 0. The number of methoxy groups -OCH3 is 3. The number of thiazole rings is 1. The summed E-state index contributed by atoms with van der Waals surface area (Å²) in [7, 11) is 4.78. The topological polar surface area (TPSA) is 87.2 Å². The molecule has 4 unspecified atom stereocenters. The third-order valence-electron chi connectivity index (χ3n) is 6.49. The quantitative estimate of drug-likeness (QED) is 0.682. The fourth-order valence-corrected chi connectivity index (χ4v) is 5.58. The lowest BCUT2D eigenvalue weighted by Gasteiger charge is -2.38. The fraction of sp³-hybridized carbons (Fsp3) is 0.435. The summed E-state index contributed by atoms with van der Waals surface area (Å²) in [6.07, 6.45) is 3.37. The highest BCUT2D eigenvalue weighted by Crippen LogP contribution is 2.49. The number of hydrogen-bond acceptors (Lipinski definition) is 8. The molecule has 0 N–H and O–H groups in total. The van der Waals surface area contributed by atoms with E-state index >= 15 is 0 Å². The number of ether oxygens (including phenoxy) is 4. The zero-order chi connectivity index (χ0) is 22.4. The minimum Gasteiger partial charge on any atom is -0.493 e. The lowest BCUT2D eigenvalue weighted by molar-refractivity contribution is -0.135. The molecule has 2 aliphatic heterocycles. The number of Topliss-reactive ketones (excluding diaryl/α,β-unsaturated/α-hetero) is 1. The Labute approximate surface area is 189 Å². The third-order valence-corrected chi connectivity index (χ3v) is 7.26. The number of carbonyl (C=O) groups excluding carboxylic acids is 2. The van der Waals surface area contributed by atoms with E-state index in [9.17, 15) is 9.59 Å². The van der Waals surface area contributed by atoms with Gasteiger partial charge in [-0.3, -0.25) is 14.5 Å². The first kappa shape index (κ1) is 21.0. The minimum absolute atomic E-state index is 0.0272. The number of carbonyl (C=O) groups is 2. The van der Waals surface area contributed by atoms with Crippen molar-refractivity contribution in [3.63, 3.8) is 0 Å². The van der Waals surface area contributed by atoms with Gasteiger partial charge in [0.25, 0.3) is 5.91 Å². The van der Waals surface area contributed by atoms with E-state index in [2.05, 4.69) is 4.98 Å². The molecule has 1 aliphatic carbocycles. The van der Waals surface area contributed by atoms with Crippen LogP contribution in [0.2, 0.25) is 0 Å². The van der Waals surface area contributed by atoms with Crippen LogP contribution in [-0.2, 0) is 19.1 Å². The van der Waals surface area contributed by atoms with E-state index in [0.29, 0.717) is 35.0 Å². The average molecular weight is 457 g/mol. The number of benzene rings is 1. The van der Waals surface area contributed by atoms with Crippen molar-refractivity contribution in [1.82, 2.24) is 4.98 Å². The maximum Gasteiger partial charge on any atom is 0.296 e. The Morgan fingerprint density at radius 2 is 1.94 bits per heavy atom. The molecule has 1 fully saturated rings. The number of nitrogens with zero attached hydrogens (tertiary/aromatic N) is 2. The van der Waals surface area contributed by atoms with Gasteiger partial charge in [-0.1, -0.05) is 6.07 Å². The largest absolute Gasteiger partial charge is 0.493 e. The van der Waals surface area contributed by atoms with Gasteiger partial charge in [-0.2, -0.15) is 0 Å². The highest BCUT2D eigenvalue weighted by atomic mass is 32.1. The molecule has 1 aromatic carbocycles. The van der Waals surface area contributed by atoms with E-state index in [-0.39, 0.29) is 35.6 Å². The maximum absolute atomic E-state index is 13.7. The van der Waals surface area contributed by atoms with Crippen LogP contribution >= 0.6 is 11.3 Å². The normalized spacial score (nSPS) is 27.2.